The first kappa shape index (κ1) is 22.2. The van der Waals surface area contributed by atoms with Crippen LogP contribution in [0.1, 0.15) is 74.6 Å². The molecule has 1 amide bonds. The van der Waals surface area contributed by atoms with E-state index >= 15 is 0 Å². The molecule has 8 nitrogen and oxygen atoms in total. The number of carbonyl (C=O) groups is 1. The number of rotatable bonds is 3. The van der Waals surface area contributed by atoms with Crippen LogP contribution in [0, 0.1) is 0 Å². The van der Waals surface area contributed by atoms with E-state index in [0.29, 0.717) is 5.96 Å². The quantitative estimate of drug-likeness (QED) is 0.735. The maximum atomic E-state index is 13.2. The molecule has 1 aromatic rings. The number of nitrogens with two attached hydrogens (primary N) is 2. The molecule has 8 heteroatoms. The summed E-state index contributed by atoms with van der Waals surface area (Å²) in [5, 5.41) is 0. The summed E-state index contributed by atoms with van der Waals surface area (Å²) in [5.41, 5.74) is 13.5. The van der Waals surface area contributed by atoms with Gasteiger partial charge in [0.15, 0.2) is 0 Å². The molecule has 0 atom stereocenters. The molecule has 2 heterocycles. The lowest BCUT2D eigenvalue weighted by Gasteiger charge is -2.45. The van der Waals surface area contributed by atoms with Gasteiger partial charge in [-0.05, 0) is 62.8 Å². The van der Waals surface area contributed by atoms with Gasteiger partial charge in [-0.3, -0.25) is 14.6 Å². The summed E-state index contributed by atoms with van der Waals surface area (Å²) in [4.78, 5) is 28.8. The van der Waals surface area contributed by atoms with E-state index in [1.165, 1.54) is 38.5 Å². The maximum absolute atomic E-state index is 13.2. The molecule has 0 radical (unpaired) electrons. The number of nitrogens with zero attached hydrogens (tertiary/aromatic N) is 5. The minimum atomic E-state index is -0.463. The number of hydrogen-bond donors (Lipinski definition) is 2. The van der Waals surface area contributed by atoms with Gasteiger partial charge >= 0.3 is 0 Å². The molecule has 3 fully saturated rings. The zero-order valence-electron chi connectivity index (χ0n) is 19.6. The van der Waals surface area contributed by atoms with Crippen LogP contribution in [0.15, 0.2) is 34.3 Å². The lowest BCUT2D eigenvalue weighted by molar-refractivity contribution is 0.0523. The van der Waals surface area contributed by atoms with Crippen LogP contribution in [0.25, 0.3) is 0 Å². The Labute approximate surface area is 196 Å². The fourth-order valence-electron chi connectivity index (χ4n) is 6.17. The minimum absolute atomic E-state index is 0.111. The molecule has 178 valence electrons. The van der Waals surface area contributed by atoms with Crippen molar-refractivity contribution < 1.29 is 4.79 Å². The van der Waals surface area contributed by atoms with Gasteiger partial charge in [0, 0.05) is 43.5 Å². The van der Waals surface area contributed by atoms with Gasteiger partial charge in [-0.25, -0.2) is 4.99 Å². The molecule has 1 saturated heterocycles. The van der Waals surface area contributed by atoms with Crippen LogP contribution < -0.4 is 16.4 Å². The zero-order valence-corrected chi connectivity index (χ0v) is 19.6. The van der Waals surface area contributed by atoms with E-state index in [-0.39, 0.29) is 11.9 Å². The monoisotopic (exact) mass is 451 g/mol. The maximum Gasteiger partial charge on any atom is 0.253 e. The van der Waals surface area contributed by atoms with E-state index in [1.54, 1.807) is 0 Å². The first-order valence-electron chi connectivity index (χ1n) is 12.7. The van der Waals surface area contributed by atoms with Crippen molar-refractivity contribution in [3.8, 4) is 0 Å². The van der Waals surface area contributed by atoms with Crippen molar-refractivity contribution in [1.29, 1.82) is 0 Å². The predicted molar refractivity (Wildman–Crippen MR) is 132 cm³/mol. The largest absolute Gasteiger partial charge is 0.369 e. The number of piperazine rings is 1. The number of benzene rings is 1. The summed E-state index contributed by atoms with van der Waals surface area (Å²) in [6.07, 6.45) is 11.9. The number of amides is 1. The van der Waals surface area contributed by atoms with Gasteiger partial charge in [-0.1, -0.05) is 25.7 Å². The van der Waals surface area contributed by atoms with Crippen molar-refractivity contribution in [2.45, 2.75) is 75.9 Å². The van der Waals surface area contributed by atoms with Crippen LogP contribution in [0.4, 0.5) is 5.69 Å². The highest BCUT2D eigenvalue weighted by molar-refractivity contribution is 6.06. The van der Waals surface area contributed by atoms with Gasteiger partial charge < -0.3 is 16.4 Å². The molecule has 2 aliphatic carbocycles. The first-order chi connectivity index (χ1) is 16.1. The topological polar surface area (TPSA) is 104 Å². The summed E-state index contributed by atoms with van der Waals surface area (Å²) in [6, 6.07) is 8.49. The fraction of sp³-hybridized carbons (Fsp3) is 0.640. The Balaban J connectivity index is 1.26. The molecule has 5 rings (SSSR count). The normalized spacial score (nSPS) is 24.5. The van der Waals surface area contributed by atoms with Crippen molar-refractivity contribution in [3.63, 3.8) is 0 Å². The highest BCUT2D eigenvalue weighted by Crippen LogP contribution is 2.39. The Morgan fingerprint density at radius 1 is 0.879 bits per heavy atom. The van der Waals surface area contributed by atoms with Gasteiger partial charge in [-0.2, -0.15) is 4.99 Å². The Kier molecular flexibility index (Phi) is 6.27. The third kappa shape index (κ3) is 4.45. The van der Waals surface area contributed by atoms with E-state index in [1.807, 2.05) is 34.1 Å². The lowest BCUT2D eigenvalue weighted by atomic mass is 9.87. The van der Waals surface area contributed by atoms with E-state index in [2.05, 4.69) is 9.89 Å². The van der Waals surface area contributed by atoms with Gasteiger partial charge in [0.1, 0.15) is 5.66 Å². The summed E-state index contributed by atoms with van der Waals surface area (Å²) >= 11 is 0. The molecular weight excluding hydrogens is 414 g/mol. The summed E-state index contributed by atoms with van der Waals surface area (Å²) < 4.78 is 0. The van der Waals surface area contributed by atoms with Crippen molar-refractivity contribution in [1.82, 2.24) is 9.80 Å². The average Bonchev–Trinajstić information content (AvgIpc) is 2.85. The Morgan fingerprint density at radius 3 is 2.18 bits per heavy atom. The van der Waals surface area contributed by atoms with Gasteiger partial charge in [0.2, 0.25) is 11.9 Å². The molecule has 1 aromatic carbocycles. The summed E-state index contributed by atoms with van der Waals surface area (Å²) in [5.74, 6) is 0.743. The first-order valence-corrected chi connectivity index (χ1v) is 12.7. The molecule has 1 spiro atoms. The zero-order chi connectivity index (χ0) is 22.8. The second-order valence-electron chi connectivity index (χ2n) is 9.99. The number of carbonyl (C=O) groups excluding carboxylic acids is 1. The molecule has 2 aliphatic heterocycles. The highest BCUT2D eigenvalue weighted by atomic mass is 16.2. The van der Waals surface area contributed by atoms with Crippen LogP contribution in [-0.2, 0) is 0 Å². The Bertz CT molecular complexity index is 905. The van der Waals surface area contributed by atoms with Crippen LogP contribution in [0.3, 0.4) is 0 Å². The molecule has 33 heavy (non-hydrogen) atoms. The number of anilines is 1. The highest BCUT2D eigenvalue weighted by Gasteiger charge is 2.42. The number of hydrogen-bond acceptors (Lipinski definition) is 7. The molecular formula is C25H37N7O. The van der Waals surface area contributed by atoms with Gasteiger partial charge in [-0.15, -0.1) is 0 Å². The number of guanidine groups is 2. The average molecular weight is 452 g/mol. The van der Waals surface area contributed by atoms with E-state index < -0.39 is 5.66 Å². The van der Waals surface area contributed by atoms with Crippen molar-refractivity contribution >= 4 is 23.5 Å². The van der Waals surface area contributed by atoms with Gasteiger partial charge in [0.05, 0.1) is 0 Å². The van der Waals surface area contributed by atoms with Crippen molar-refractivity contribution in [2.24, 2.45) is 21.5 Å². The molecule has 4 N–H and O–H groups in total. The third-order valence-corrected chi connectivity index (χ3v) is 7.92. The fourth-order valence-corrected chi connectivity index (χ4v) is 6.17. The molecule has 0 aromatic heterocycles. The summed E-state index contributed by atoms with van der Waals surface area (Å²) in [6.45, 7) is 3.58. The smallest absolute Gasteiger partial charge is 0.253 e. The van der Waals surface area contributed by atoms with Crippen molar-refractivity contribution in [3.05, 3.63) is 29.8 Å². The lowest BCUT2D eigenvalue weighted by Crippen LogP contribution is -2.58. The Hall–Kier alpha value is -2.61. The van der Waals surface area contributed by atoms with E-state index in [0.717, 1.165) is 69.2 Å². The molecule has 0 bridgehead atoms. The number of aliphatic imine (C=N–C) groups is 2. The van der Waals surface area contributed by atoms with Gasteiger partial charge in [0.25, 0.3) is 5.91 Å². The van der Waals surface area contributed by atoms with Crippen molar-refractivity contribution in [2.75, 3.05) is 31.1 Å². The second kappa shape index (κ2) is 9.33. The second-order valence-corrected chi connectivity index (χ2v) is 9.99. The van der Waals surface area contributed by atoms with Crippen LogP contribution in [0.5, 0.6) is 0 Å². The minimum Gasteiger partial charge on any atom is -0.369 e. The Morgan fingerprint density at radius 2 is 1.52 bits per heavy atom. The summed E-state index contributed by atoms with van der Waals surface area (Å²) in [7, 11) is 0. The molecule has 2 saturated carbocycles. The van der Waals surface area contributed by atoms with Crippen LogP contribution in [0.2, 0.25) is 0 Å². The predicted octanol–water partition coefficient (Wildman–Crippen LogP) is 2.89. The van der Waals surface area contributed by atoms with Crippen LogP contribution in [-0.4, -0.2) is 65.5 Å². The van der Waals surface area contributed by atoms with E-state index in [9.17, 15) is 4.79 Å². The van der Waals surface area contributed by atoms with Crippen LogP contribution >= 0.6 is 0 Å². The molecule has 0 unspecified atom stereocenters. The molecule has 4 aliphatic rings. The third-order valence-electron chi connectivity index (χ3n) is 7.92. The SMILES string of the molecule is NC1=NC2(CCCCC2)N(c2ccc(C(=O)N3CCN(C4CCCCC4)CC3)cc2)C(N)=N1. The standard InChI is InChI=1S/C25H37N7O/c26-23-28-24(27)32(25(29-23)13-5-2-6-14-25)21-11-9-19(10-12-21)22(33)31-17-15-30(16-18-31)20-7-3-1-4-8-20/h9-12,20H,1-8,13-18H2,(H4,26,27,28,29). The van der Waals surface area contributed by atoms with E-state index in [4.69, 9.17) is 16.5 Å².